The second kappa shape index (κ2) is 14.1. The van der Waals surface area contributed by atoms with Gasteiger partial charge in [-0.05, 0) is 49.5 Å². The molecule has 2 aromatic heterocycles. The van der Waals surface area contributed by atoms with Crippen LogP contribution < -0.4 is 27.6 Å². The Morgan fingerprint density at radius 1 is 0.791 bits per heavy atom. The highest BCUT2D eigenvalue weighted by atomic mass is 35.5. The van der Waals surface area contributed by atoms with Crippen LogP contribution in [-0.2, 0) is 25.7 Å². The topological polar surface area (TPSA) is 85.9 Å². The lowest BCUT2D eigenvalue weighted by Gasteiger charge is -2.28. The molecule has 4 heterocycles. The van der Waals surface area contributed by atoms with Crippen molar-refractivity contribution in [2.75, 3.05) is 19.8 Å². The standard InChI is InChI=1S/C15H16F2N2OS.C14H15F2N3OS.ClH/c1-2-3-11-7-18-15(21)19(11)12-5-9-4-10(16)6-13(17)14(9)20-8-12;15-9-3-8-4-11(7-20-13(8)12(16)5-9)19-10(1-2-17)6-18-14(19)21;/h4,6-7,12H,2-3,5,8H2,1H3,(H,18,21);3,5-6,11H,1-2,4,7,17H2,(H,18,21);1H/p-1/t12-;11-;/m11./s1. The molecule has 43 heavy (non-hydrogen) atoms. The van der Waals surface area contributed by atoms with Gasteiger partial charge in [-0.25, -0.2) is 17.6 Å². The largest absolute Gasteiger partial charge is 1.00 e. The summed E-state index contributed by atoms with van der Waals surface area (Å²) in [6.07, 6.45) is 7.26. The van der Waals surface area contributed by atoms with E-state index in [1.54, 1.807) is 0 Å². The molecule has 0 unspecified atom stereocenters. The van der Waals surface area contributed by atoms with Crippen LogP contribution in [0.2, 0.25) is 0 Å². The first-order valence-corrected chi connectivity index (χ1v) is 14.5. The minimum absolute atomic E-state index is 0. The lowest BCUT2D eigenvalue weighted by atomic mass is 10.0. The van der Waals surface area contributed by atoms with Gasteiger partial charge in [0.05, 0.1) is 12.1 Å². The molecule has 2 aromatic carbocycles. The highest BCUT2D eigenvalue weighted by Gasteiger charge is 2.27. The SMILES string of the molecule is CCCc1c[nH]c(=S)n1[C@H]1COc2c(F)cc(F)cc2C1.NCCc1c[nH]c(=S)n1[C@H]1COc2c(F)cc(F)cc2C1.[Cl-]. The minimum Gasteiger partial charge on any atom is -1.00 e. The predicted molar refractivity (Wildman–Crippen MR) is 155 cm³/mol. The minimum atomic E-state index is -0.664. The number of benzene rings is 2. The zero-order valence-corrected chi connectivity index (χ0v) is 25.7. The van der Waals surface area contributed by atoms with E-state index in [1.807, 2.05) is 21.5 Å². The second-order valence-electron chi connectivity index (χ2n) is 10.3. The van der Waals surface area contributed by atoms with Gasteiger partial charge >= 0.3 is 0 Å². The van der Waals surface area contributed by atoms with E-state index in [0.717, 1.165) is 36.4 Å². The Morgan fingerprint density at radius 2 is 1.23 bits per heavy atom. The van der Waals surface area contributed by atoms with Crippen molar-refractivity contribution in [3.05, 3.63) is 92.0 Å². The summed E-state index contributed by atoms with van der Waals surface area (Å²) in [5.74, 6) is -2.20. The van der Waals surface area contributed by atoms with Crippen molar-refractivity contribution in [3.8, 4) is 11.5 Å². The van der Waals surface area contributed by atoms with Crippen LogP contribution in [0.3, 0.4) is 0 Å². The number of aromatic amines is 2. The molecule has 0 radical (unpaired) electrons. The van der Waals surface area contributed by atoms with Gasteiger partial charge in [-0.2, -0.15) is 0 Å². The molecule has 0 saturated heterocycles. The zero-order chi connectivity index (χ0) is 30.0. The number of aryl methyl sites for hydroxylation is 1. The Hall–Kier alpha value is -3.13. The summed E-state index contributed by atoms with van der Waals surface area (Å²) in [6.45, 7) is 3.22. The van der Waals surface area contributed by atoms with Crippen molar-refractivity contribution >= 4 is 24.4 Å². The number of ether oxygens (including phenoxy) is 2. The summed E-state index contributed by atoms with van der Waals surface area (Å²) in [5.41, 5.74) is 8.72. The number of halogens is 5. The van der Waals surface area contributed by atoms with Crippen molar-refractivity contribution in [2.24, 2.45) is 5.73 Å². The molecule has 2 atom stereocenters. The van der Waals surface area contributed by atoms with E-state index in [1.165, 1.54) is 12.1 Å². The smallest absolute Gasteiger partial charge is 0.177 e. The number of fused-ring (bicyclic) bond motifs is 2. The van der Waals surface area contributed by atoms with Crippen LogP contribution in [0.5, 0.6) is 11.5 Å². The third-order valence-electron chi connectivity index (χ3n) is 7.34. The maximum Gasteiger partial charge on any atom is 0.177 e. The monoisotopic (exact) mass is 656 g/mol. The predicted octanol–water partition coefficient (Wildman–Crippen LogP) is 3.46. The number of nitrogens with two attached hydrogens (primary N) is 1. The van der Waals surface area contributed by atoms with E-state index in [2.05, 4.69) is 16.9 Å². The molecule has 0 amide bonds. The second-order valence-corrected chi connectivity index (χ2v) is 11.1. The van der Waals surface area contributed by atoms with E-state index in [0.29, 0.717) is 59.7 Å². The number of rotatable bonds is 6. The fourth-order valence-electron chi connectivity index (χ4n) is 5.59. The molecule has 0 saturated carbocycles. The lowest BCUT2D eigenvalue weighted by Crippen LogP contribution is -3.00. The van der Waals surface area contributed by atoms with Gasteiger partial charge in [-0.1, -0.05) is 13.3 Å². The van der Waals surface area contributed by atoms with Crippen molar-refractivity contribution in [1.29, 1.82) is 0 Å². The summed E-state index contributed by atoms with van der Waals surface area (Å²) >= 11 is 10.6. The normalized spacial score (nSPS) is 17.0. The van der Waals surface area contributed by atoms with Gasteiger partial charge in [-0.3, -0.25) is 0 Å². The van der Waals surface area contributed by atoms with E-state index < -0.39 is 23.3 Å². The van der Waals surface area contributed by atoms with Crippen molar-refractivity contribution in [1.82, 2.24) is 19.1 Å². The van der Waals surface area contributed by atoms with Crippen LogP contribution >= 0.6 is 24.4 Å². The number of imidazole rings is 2. The molecule has 2 aliphatic heterocycles. The first-order valence-electron chi connectivity index (χ1n) is 13.7. The maximum absolute atomic E-state index is 13.7. The summed E-state index contributed by atoms with van der Waals surface area (Å²) in [4.78, 5) is 6.02. The average molecular weight is 657 g/mol. The van der Waals surface area contributed by atoms with E-state index in [4.69, 9.17) is 39.6 Å². The summed E-state index contributed by atoms with van der Waals surface area (Å²) in [5, 5.41) is 0. The molecule has 0 spiro atoms. The van der Waals surface area contributed by atoms with E-state index >= 15 is 0 Å². The molecule has 0 fully saturated rings. The Morgan fingerprint density at radius 3 is 1.65 bits per heavy atom. The zero-order valence-electron chi connectivity index (χ0n) is 23.3. The summed E-state index contributed by atoms with van der Waals surface area (Å²) in [6, 6.07) is 4.19. The number of nitrogens with one attached hydrogen (secondary N) is 2. The van der Waals surface area contributed by atoms with Gasteiger partial charge in [-0.15, -0.1) is 0 Å². The molecular weight excluding hydrogens is 626 g/mol. The molecular formula is C29H31ClF4N5O2S2-. The van der Waals surface area contributed by atoms with Crippen molar-refractivity contribution < 1.29 is 39.4 Å². The summed E-state index contributed by atoms with van der Waals surface area (Å²) < 4.78 is 70.2. The fraction of sp³-hybridized carbons (Fsp3) is 0.379. The molecule has 14 heteroatoms. The molecule has 4 N–H and O–H groups in total. The van der Waals surface area contributed by atoms with Crippen LogP contribution in [0.25, 0.3) is 0 Å². The van der Waals surface area contributed by atoms with E-state index in [9.17, 15) is 17.6 Å². The third-order valence-corrected chi connectivity index (χ3v) is 7.97. The lowest BCUT2D eigenvalue weighted by molar-refractivity contribution is -0.0000116. The quantitative estimate of drug-likeness (QED) is 0.219. The molecule has 4 aromatic rings. The Balaban J connectivity index is 0.000000192. The van der Waals surface area contributed by atoms with Crippen LogP contribution in [0.4, 0.5) is 17.6 Å². The van der Waals surface area contributed by atoms with Crippen molar-refractivity contribution in [2.45, 2.75) is 51.1 Å². The van der Waals surface area contributed by atoms with Gasteiger partial charge in [0, 0.05) is 66.3 Å². The highest BCUT2D eigenvalue weighted by molar-refractivity contribution is 7.71. The number of H-pyrrole nitrogens is 2. The average Bonchev–Trinajstić information content (AvgIpc) is 3.50. The number of nitrogens with zero attached hydrogens (tertiary/aromatic N) is 2. The maximum atomic E-state index is 13.7. The molecule has 2 aliphatic rings. The fourth-order valence-corrected chi connectivity index (χ4v) is 6.24. The van der Waals surface area contributed by atoms with Gasteiger partial charge in [0.1, 0.15) is 24.8 Å². The van der Waals surface area contributed by atoms with Crippen LogP contribution in [0.1, 0.15) is 47.9 Å². The van der Waals surface area contributed by atoms with Gasteiger partial charge < -0.3 is 46.7 Å². The molecule has 6 rings (SSSR count). The van der Waals surface area contributed by atoms with Crippen LogP contribution in [-0.4, -0.2) is 38.9 Å². The molecule has 232 valence electrons. The van der Waals surface area contributed by atoms with E-state index in [-0.39, 0.29) is 36.0 Å². The van der Waals surface area contributed by atoms with Gasteiger partial charge in [0.25, 0.3) is 0 Å². The van der Waals surface area contributed by atoms with Crippen molar-refractivity contribution in [3.63, 3.8) is 0 Å². The Labute approximate surface area is 262 Å². The van der Waals surface area contributed by atoms with Gasteiger partial charge in [0.15, 0.2) is 32.7 Å². The molecule has 7 nitrogen and oxygen atoms in total. The first kappa shape index (κ1) is 32.8. The molecule has 0 aliphatic carbocycles. The Kier molecular flexibility index (Phi) is 10.8. The first-order chi connectivity index (χ1) is 20.2. The van der Waals surface area contributed by atoms with Gasteiger partial charge in [0.2, 0.25) is 0 Å². The number of aromatic nitrogens is 4. The Bertz CT molecular complexity index is 1580. The number of hydrogen-bond acceptors (Lipinski definition) is 5. The highest BCUT2D eigenvalue weighted by Crippen LogP contribution is 2.35. The van der Waals surface area contributed by atoms with Crippen LogP contribution in [0, 0.1) is 32.8 Å². The number of hydrogen-bond donors (Lipinski definition) is 3. The summed E-state index contributed by atoms with van der Waals surface area (Å²) in [7, 11) is 0. The molecule has 0 bridgehead atoms. The van der Waals surface area contributed by atoms with Crippen LogP contribution in [0.15, 0.2) is 36.7 Å². The third kappa shape index (κ3) is 7.00.